The summed E-state index contributed by atoms with van der Waals surface area (Å²) >= 11 is 0. The van der Waals surface area contributed by atoms with Gasteiger partial charge in [-0.3, -0.25) is 4.55 Å². The van der Waals surface area contributed by atoms with Gasteiger partial charge in [0, 0.05) is 7.05 Å². The summed E-state index contributed by atoms with van der Waals surface area (Å²) in [7, 11) is -3.06. The molecule has 7 nitrogen and oxygen atoms in total. The molecule has 2 amide bonds. The van der Waals surface area contributed by atoms with Gasteiger partial charge in [-0.1, -0.05) is 0 Å². The zero-order chi connectivity index (χ0) is 9.35. The zero-order valence-corrected chi connectivity index (χ0v) is 6.95. The number of rotatable bonds is 1. The number of hydrogen-bond acceptors (Lipinski definition) is 4. The van der Waals surface area contributed by atoms with Gasteiger partial charge in [0.1, 0.15) is 0 Å². The van der Waals surface area contributed by atoms with Crippen LogP contribution in [0.3, 0.4) is 0 Å². The Morgan fingerprint density at radius 1 is 1.75 bits per heavy atom. The van der Waals surface area contributed by atoms with Crippen LogP contribution in [0.4, 0.5) is 4.79 Å². The van der Waals surface area contributed by atoms with Crippen molar-refractivity contribution in [3.05, 3.63) is 0 Å². The summed E-state index contributed by atoms with van der Waals surface area (Å²) in [6.45, 7) is 0. The second-order valence-corrected chi connectivity index (χ2v) is 3.72. The topological polar surface area (TPSA) is 99.1 Å². The third kappa shape index (κ3) is 1.53. The van der Waals surface area contributed by atoms with E-state index in [1.54, 1.807) is 0 Å². The minimum atomic E-state index is -4.29. The predicted molar refractivity (Wildman–Crippen MR) is 40.1 cm³/mol. The molecular weight excluding hydrogens is 186 g/mol. The maximum absolute atomic E-state index is 10.8. The zero-order valence-electron chi connectivity index (χ0n) is 6.13. The van der Waals surface area contributed by atoms with Gasteiger partial charge in [0.2, 0.25) is 0 Å². The number of carbonyl (C=O) groups is 1. The lowest BCUT2D eigenvalue weighted by Crippen LogP contribution is -2.50. The van der Waals surface area contributed by atoms with Crippen LogP contribution in [-0.2, 0) is 10.1 Å². The van der Waals surface area contributed by atoms with E-state index in [1.165, 1.54) is 7.05 Å². The number of urea groups is 1. The van der Waals surface area contributed by atoms with Crippen LogP contribution < -0.4 is 5.43 Å². The highest BCUT2D eigenvalue weighted by Crippen LogP contribution is 2.04. The highest BCUT2D eigenvalue weighted by Gasteiger charge is 2.31. The van der Waals surface area contributed by atoms with E-state index in [1.807, 2.05) is 5.43 Å². The normalized spacial score (nSPS) is 24.0. The lowest BCUT2D eigenvalue weighted by molar-refractivity contribution is 0.207. The molecular formula is C4H7N3O4S. The lowest BCUT2D eigenvalue weighted by atomic mass is 10.6. The summed E-state index contributed by atoms with van der Waals surface area (Å²) in [4.78, 5) is 11.6. The molecule has 0 fully saturated rings. The van der Waals surface area contributed by atoms with Crippen molar-refractivity contribution in [1.29, 1.82) is 0 Å². The van der Waals surface area contributed by atoms with Crippen molar-refractivity contribution in [2.24, 2.45) is 5.10 Å². The highest BCUT2D eigenvalue weighted by atomic mass is 32.2. The fraction of sp³-hybridized carbons (Fsp3) is 0.500. The van der Waals surface area contributed by atoms with Crippen LogP contribution in [0.1, 0.15) is 0 Å². The number of amides is 2. The van der Waals surface area contributed by atoms with Crippen molar-refractivity contribution in [2.45, 2.75) is 5.37 Å². The van der Waals surface area contributed by atoms with E-state index >= 15 is 0 Å². The molecule has 0 aromatic heterocycles. The first-order valence-corrected chi connectivity index (χ1v) is 4.45. The Labute approximate surface area is 68.8 Å². The number of nitrogens with one attached hydrogen (secondary N) is 1. The smallest absolute Gasteiger partial charge is 0.302 e. The molecule has 0 saturated heterocycles. The van der Waals surface area contributed by atoms with E-state index in [0.29, 0.717) is 0 Å². The Hall–Kier alpha value is -1.15. The van der Waals surface area contributed by atoms with Gasteiger partial charge in [-0.05, 0) is 0 Å². The molecule has 0 aliphatic carbocycles. The maximum atomic E-state index is 10.8. The molecule has 68 valence electrons. The Morgan fingerprint density at radius 3 is 2.75 bits per heavy atom. The average Bonchev–Trinajstić information content (AvgIpc) is 1.92. The van der Waals surface area contributed by atoms with Crippen LogP contribution in [0, 0.1) is 0 Å². The van der Waals surface area contributed by atoms with Crippen molar-refractivity contribution in [1.82, 2.24) is 10.3 Å². The van der Waals surface area contributed by atoms with E-state index in [2.05, 4.69) is 5.10 Å². The summed E-state index contributed by atoms with van der Waals surface area (Å²) in [5, 5.41) is 1.85. The Morgan fingerprint density at radius 2 is 2.33 bits per heavy atom. The quantitative estimate of drug-likeness (QED) is 0.513. The maximum Gasteiger partial charge on any atom is 0.338 e. The number of carbonyl (C=O) groups excluding carboxylic acids is 1. The van der Waals surface area contributed by atoms with Crippen molar-refractivity contribution in [3.8, 4) is 0 Å². The Kier molecular flexibility index (Phi) is 2.02. The fourth-order valence-electron chi connectivity index (χ4n) is 0.727. The van der Waals surface area contributed by atoms with Gasteiger partial charge in [-0.15, -0.1) is 0 Å². The molecule has 1 aliphatic heterocycles. The van der Waals surface area contributed by atoms with Gasteiger partial charge in [0.25, 0.3) is 10.1 Å². The summed E-state index contributed by atoms with van der Waals surface area (Å²) in [5.41, 5.74) is 2.01. The third-order valence-corrected chi connectivity index (χ3v) is 2.42. The molecule has 0 saturated carbocycles. The van der Waals surface area contributed by atoms with Crippen molar-refractivity contribution < 1.29 is 17.8 Å². The van der Waals surface area contributed by atoms with E-state index in [4.69, 9.17) is 4.55 Å². The van der Waals surface area contributed by atoms with Gasteiger partial charge < -0.3 is 4.90 Å². The largest absolute Gasteiger partial charge is 0.338 e. The monoisotopic (exact) mass is 193 g/mol. The molecule has 0 bridgehead atoms. The second kappa shape index (κ2) is 2.72. The number of hydrogen-bond donors (Lipinski definition) is 2. The van der Waals surface area contributed by atoms with Crippen molar-refractivity contribution in [2.75, 3.05) is 7.05 Å². The Bertz CT molecular complexity index is 321. The fourth-order valence-corrected chi connectivity index (χ4v) is 1.44. The lowest BCUT2D eigenvalue weighted by Gasteiger charge is -2.24. The minimum Gasteiger partial charge on any atom is -0.302 e. The highest BCUT2D eigenvalue weighted by molar-refractivity contribution is 7.87. The molecule has 0 aromatic carbocycles. The van der Waals surface area contributed by atoms with Crippen molar-refractivity contribution >= 4 is 22.4 Å². The molecule has 8 heteroatoms. The van der Waals surface area contributed by atoms with Gasteiger partial charge in [0.05, 0.1) is 6.21 Å². The number of hydrazone groups is 1. The van der Waals surface area contributed by atoms with Crippen LogP contribution in [0.2, 0.25) is 0 Å². The first kappa shape index (κ1) is 8.94. The Balaban J connectivity index is 3.00. The van der Waals surface area contributed by atoms with E-state index < -0.39 is 21.5 Å². The van der Waals surface area contributed by atoms with Crippen LogP contribution in [0.25, 0.3) is 0 Å². The summed E-state index contributed by atoms with van der Waals surface area (Å²) in [6, 6.07) is -0.680. The molecule has 2 N–H and O–H groups in total. The summed E-state index contributed by atoms with van der Waals surface area (Å²) in [6.07, 6.45) is 0.927. The minimum absolute atomic E-state index is 0.680. The molecule has 0 aromatic rings. The summed E-state index contributed by atoms with van der Waals surface area (Å²) in [5.74, 6) is 0. The molecule has 1 atom stereocenters. The van der Waals surface area contributed by atoms with Crippen LogP contribution >= 0.6 is 0 Å². The third-order valence-electron chi connectivity index (χ3n) is 1.37. The van der Waals surface area contributed by atoms with E-state index in [0.717, 1.165) is 11.1 Å². The average molecular weight is 193 g/mol. The van der Waals surface area contributed by atoms with Gasteiger partial charge in [0.15, 0.2) is 5.37 Å². The first-order chi connectivity index (χ1) is 5.43. The molecule has 1 unspecified atom stereocenters. The van der Waals surface area contributed by atoms with Gasteiger partial charge in [-0.25, -0.2) is 10.2 Å². The summed E-state index contributed by atoms with van der Waals surface area (Å²) < 4.78 is 29.8. The van der Waals surface area contributed by atoms with Crippen LogP contribution in [0.5, 0.6) is 0 Å². The molecule has 1 heterocycles. The van der Waals surface area contributed by atoms with Gasteiger partial charge >= 0.3 is 6.03 Å². The molecule has 12 heavy (non-hydrogen) atoms. The van der Waals surface area contributed by atoms with E-state index in [9.17, 15) is 13.2 Å². The van der Waals surface area contributed by atoms with Crippen LogP contribution in [-0.4, -0.2) is 42.5 Å². The van der Waals surface area contributed by atoms with Gasteiger partial charge in [-0.2, -0.15) is 13.5 Å². The van der Waals surface area contributed by atoms with E-state index in [-0.39, 0.29) is 0 Å². The standard InChI is InChI=1S/C4H7N3O4S/c1-7-3(12(9,10)11)2-5-6-4(7)8/h2-3H,1H3,(H,6,8)(H,9,10,11). The predicted octanol–water partition coefficient (Wildman–Crippen LogP) is -1.16. The SMILES string of the molecule is CN1C(=O)NN=CC1S(=O)(=O)O. The first-order valence-electron chi connectivity index (χ1n) is 2.95. The number of nitrogens with zero attached hydrogens (tertiary/aromatic N) is 2. The van der Waals surface area contributed by atoms with Crippen LogP contribution in [0.15, 0.2) is 5.10 Å². The molecule has 0 radical (unpaired) electrons. The molecule has 0 spiro atoms. The van der Waals surface area contributed by atoms with Crippen molar-refractivity contribution in [3.63, 3.8) is 0 Å². The molecule has 1 rings (SSSR count). The second-order valence-electron chi connectivity index (χ2n) is 2.21. The molecule has 1 aliphatic rings.